The van der Waals surface area contributed by atoms with Crippen molar-refractivity contribution >= 4 is 12.1 Å². The first-order valence-electron chi connectivity index (χ1n) is 6.66. The van der Waals surface area contributed by atoms with Gasteiger partial charge in [-0.2, -0.15) is 5.10 Å². The van der Waals surface area contributed by atoms with Gasteiger partial charge in [-0.15, -0.1) is 0 Å². The van der Waals surface area contributed by atoms with Crippen molar-refractivity contribution < 1.29 is 9.90 Å². The van der Waals surface area contributed by atoms with Crippen molar-refractivity contribution in [2.24, 2.45) is 5.10 Å². The molecule has 1 aliphatic heterocycles. The lowest BCUT2D eigenvalue weighted by atomic mass is 10.2. The Morgan fingerprint density at radius 1 is 1.35 bits per heavy atom. The van der Waals surface area contributed by atoms with Crippen LogP contribution in [-0.2, 0) is 4.79 Å². The van der Waals surface area contributed by atoms with Gasteiger partial charge in [-0.1, -0.05) is 12.1 Å². The van der Waals surface area contributed by atoms with Gasteiger partial charge >= 0.3 is 0 Å². The number of nitrogens with zero attached hydrogens (tertiary/aromatic N) is 3. The summed E-state index contributed by atoms with van der Waals surface area (Å²) in [6.07, 6.45) is 1.44. The van der Waals surface area contributed by atoms with Crippen molar-refractivity contribution in [2.45, 2.75) is 0 Å². The lowest BCUT2D eigenvalue weighted by Gasteiger charge is -2.31. The standard InChI is InChI=1S/C14H20N4O2/c1-17-6-8-18(9-7-17)11-14(20)16-15-10-12-4-2-3-5-13(12)19/h2-5,10,19H,6-9,11H2,1H3,(H,16,20)/b15-10-. The summed E-state index contributed by atoms with van der Waals surface area (Å²) in [5, 5.41) is 13.4. The van der Waals surface area contributed by atoms with Gasteiger partial charge in [0.2, 0.25) is 0 Å². The Kier molecular flexibility index (Phi) is 5.09. The molecule has 20 heavy (non-hydrogen) atoms. The van der Waals surface area contributed by atoms with Gasteiger partial charge in [0.25, 0.3) is 5.91 Å². The van der Waals surface area contributed by atoms with E-state index in [4.69, 9.17) is 0 Å². The maximum Gasteiger partial charge on any atom is 0.254 e. The van der Waals surface area contributed by atoms with Gasteiger partial charge in [-0.05, 0) is 19.2 Å². The van der Waals surface area contributed by atoms with Crippen LogP contribution in [-0.4, -0.2) is 66.8 Å². The molecule has 0 aliphatic carbocycles. The van der Waals surface area contributed by atoms with Crippen LogP contribution < -0.4 is 5.43 Å². The zero-order valence-corrected chi connectivity index (χ0v) is 11.6. The number of phenols is 1. The van der Waals surface area contributed by atoms with E-state index in [0.717, 1.165) is 26.2 Å². The van der Waals surface area contributed by atoms with Crippen LogP contribution in [0.3, 0.4) is 0 Å². The van der Waals surface area contributed by atoms with Gasteiger partial charge in [-0.3, -0.25) is 9.69 Å². The fraction of sp³-hybridized carbons (Fsp3) is 0.429. The Morgan fingerprint density at radius 2 is 2.05 bits per heavy atom. The molecule has 0 atom stereocenters. The maximum atomic E-state index is 11.7. The van der Waals surface area contributed by atoms with Crippen molar-refractivity contribution in [1.82, 2.24) is 15.2 Å². The van der Waals surface area contributed by atoms with Crippen LogP contribution in [0.4, 0.5) is 0 Å². The molecule has 1 saturated heterocycles. The highest BCUT2D eigenvalue weighted by atomic mass is 16.3. The number of hydrogen-bond donors (Lipinski definition) is 2. The van der Waals surface area contributed by atoms with E-state index in [1.54, 1.807) is 24.3 Å². The second-order valence-corrected chi connectivity index (χ2v) is 4.93. The van der Waals surface area contributed by atoms with E-state index >= 15 is 0 Å². The number of nitrogens with one attached hydrogen (secondary N) is 1. The molecule has 0 saturated carbocycles. The molecule has 1 aromatic carbocycles. The molecule has 0 unspecified atom stereocenters. The van der Waals surface area contributed by atoms with Crippen LogP contribution in [0, 0.1) is 0 Å². The minimum atomic E-state index is -0.138. The van der Waals surface area contributed by atoms with E-state index in [2.05, 4.69) is 27.4 Å². The summed E-state index contributed by atoms with van der Waals surface area (Å²) in [6, 6.07) is 6.84. The number of aromatic hydroxyl groups is 1. The molecule has 6 heteroatoms. The lowest BCUT2D eigenvalue weighted by Crippen LogP contribution is -2.47. The molecule has 0 spiro atoms. The zero-order chi connectivity index (χ0) is 14.4. The molecule has 108 valence electrons. The van der Waals surface area contributed by atoms with Gasteiger partial charge in [0.1, 0.15) is 5.75 Å². The molecule has 1 heterocycles. The molecule has 2 N–H and O–H groups in total. The summed E-state index contributed by atoms with van der Waals surface area (Å²) in [4.78, 5) is 16.1. The topological polar surface area (TPSA) is 68.2 Å². The third-order valence-electron chi connectivity index (χ3n) is 3.29. The lowest BCUT2D eigenvalue weighted by molar-refractivity contribution is -0.122. The number of hydrogen-bond acceptors (Lipinski definition) is 5. The maximum absolute atomic E-state index is 11.7. The van der Waals surface area contributed by atoms with Crippen LogP contribution in [0.2, 0.25) is 0 Å². The first kappa shape index (κ1) is 14.5. The monoisotopic (exact) mass is 276 g/mol. The average molecular weight is 276 g/mol. The van der Waals surface area contributed by atoms with Gasteiger partial charge in [0.15, 0.2) is 0 Å². The fourth-order valence-electron chi connectivity index (χ4n) is 2.01. The predicted octanol–water partition coefficient (Wildman–Crippen LogP) is 0.0897. The van der Waals surface area contributed by atoms with E-state index in [-0.39, 0.29) is 11.7 Å². The second kappa shape index (κ2) is 7.02. The molecule has 2 rings (SSSR count). The van der Waals surface area contributed by atoms with E-state index in [1.807, 2.05) is 0 Å². The van der Waals surface area contributed by atoms with Crippen molar-refractivity contribution in [2.75, 3.05) is 39.8 Å². The molecule has 6 nitrogen and oxygen atoms in total. The number of amides is 1. The van der Waals surface area contributed by atoms with Crippen LogP contribution in [0.15, 0.2) is 29.4 Å². The SMILES string of the molecule is CN1CCN(CC(=O)N/N=C\c2ccccc2O)CC1. The van der Waals surface area contributed by atoms with Crippen molar-refractivity contribution in [1.29, 1.82) is 0 Å². The van der Waals surface area contributed by atoms with Crippen molar-refractivity contribution in [3.8, 4) is 5.75 Å². The highest BCUT2D eigenvalue weighted by Gasteiger charge is 2.15. The van der Waals surface area contributed by atoms with Crippen LogP contribution >= 0.6 is 0 Å². The Hall–Kier alpha value is -1.92. The zero-order valence-electron chi connectivity index (χ0n) is 11.6. The Balaban J connectivity index is 1.76. The molecule has 0 radical (unpaired) electrons. The number of piperazine rings is 1. The van der Waals surface area contributed by atoms with Crippen LogP contribution in [0.25, 0.3) is 0 Å². The molecule has 1 amide bonds. The smallest absolute Gasteiger partial charge is 0.254 e. The number of hydrazone groups is 1. The van der Waals surface area contributed by atoms with Gasteiger partial charge in [0, 0.05) is 31.7 Å². The highest BCUT2D eigenvalue weighted by Crippen LogP contribution is 2.12. The second-order valence-electron chi connectivity index (χ2n) is 4.93. The molecule has 1 aromatic rings. The normalized spacial score (nSPS) is 17.4. The minimum absolute atomic E-state index is 0.138. The molecule has 1 aliphatic rings. The summed E-state index contributed by atoms with van der Waals surface area (Å²) in [6.45, 7) is 4.11. The van der Waals surface area contributed by atoms with Crippen LogP contribution in [0.1, 0.15) is 5.56 Å². The third kappa shape index (κ3) is 4.32. The largest absolute Gasteiger partial charge is 0.507 e. The summed E-state index contributed by atoms with van der Waals surface area (Å²) in [5.74, 6) is 0.00536. The van der Waals surface area contributed by atoms with Crippen LogP contribution in [0.5, 0.6) is 5.75 Å². The Morgan fingerprint density at radius 3 is 2.75 bits per heavy atom. The molecular formula is C14H20N4O2. The molecular weight excluding hydrogens is 256 g/mol. The molecule has 0 bridgehead atoms. The quantitative estimate of drug-likeness (QED) is 0.604. The molecule has 0 aromatic heterocycles. The number of benzene rings is 1. The van der Waals surface area contributed by atoms with Gasteiger partial charge in [0.05, 0.1) is 12.8 Å². The van der Waals surface area contributed by atoms with E-state index in [0.29, 0.717) is 12.1 Å². The Labute approximate surface area is 118 Å². The minimum Gasteiger partial charge on any atom is -0.507 e. The van der Waals surface area contributed by atoms with Gasteiger partial charge < -0.3 is 10.0 Å². The molecule has 1 fully saturated rings. The first-order valence-corrected chi connectivity index (χ1v) is 6.66. The van der Waals surface area contributed by atoms with E-state index in [1.165, 1.54) is 6.21 Å². The van der Waals surface area contributed by atoms with E-state index < -0.39 is 0 Å². The average Bonchev–Trinajstić information content (AvgIpc) is 2.43. The summed E-state index contributed by atoms with van der Waals surface area (Å²) >= 11 is 0. The first-order chi connectivity index (χ1) is 9.65. The van der Waals surface area contributed by atoms with E-state index in [9.17, 15) is 9.90 Å². The fourth-order valence-corrected chi connectivity index (χ4v) is 2.01. The number of carbonyl (C=O) groups excluding carboxylic acids is 1. The van der Waals surface area contributed by atoms with Gasteiger partial charge in [-0.25, -0.2) is 5.43 Å². The highest BCUT2D eigenvalue weighted by molar-refractivity contribution is 5.85. The number of carbonyl (C=O) groups is 1. The van der Waals surface area contributed by atoms with Crippen molar-refractivity contribution in [3.05, 3.63) is 29.8 Å². The summed E-state index contributed by atoms with van der Waals surface area (Å²) in [7, 11) is 2.08. The van der Waals surface area contributed by atoms with Crippen molar-refractivity contribution in [3.63, 3.8) is 0 Å². The number of phenolic OH excluding ortho intramolecular Hbond substituents is 1. The predicted molar refractivity (Wildman–Crippen MR) is 77.8 cm³/mol. The number of rotatable bonds is 4. The third-order valence-corrected chi connectivity index (χ3v) is 3.29. The number of likely N-dealkylation sites (N-methyl/N-ethyl adjacent to an activating group) is 1. The Bertz CT molecular complexity index is 482. The summed E-state index contributed by atoms with van der Waals surface area (Å²) in [5.41, 5.74) is 3.06. The number of para-hydroxylation sites is 1. The summed E-state index contributed by atoms with van der Waals surface area (Å²) < 4.78 is 0.